The molecule has 2 aromatic carbocycles. The minimum Gasteiger partial charge on any atom is -0.457 e. The molecule has 0 bridgehead atoms. The van der Waals surface area contributed by atoms with Crippen molar-refractivity contribution in [1.29, 1.82) is 0 Å². The molecule has 0 aromatic heterocycles. The highest BCUT2D eigenvalue weighted by molar-refractivity contribution is 9.10. The first kappa shape index (κ1) is 16.1. The lowest BCUT2D eigenvalue weighted by Gasteiger charge is -2.23. The van der Waals surface area contributed by atoms with Gasteiger partial charge < -0.3 is 10.5 Å². The molecule has 2 N–H and O–H groups in total. The van der Waals surface area contributed by atoms with Gasteiger partial charge in [0.25, 0.3) is 0 Å². The van der Waals surface area contributed by atoms with Crippen LogP contribution in [0.15, 0.2) is 40.9 Å². The summed E-state index contributed by atoms with van der Waals surface area (Å²) in [5.74, 6) is 1.71. The van der Waals surface area contributed by atoms with Crippen molar-refractivity contribution in [3.63, 3.8) is 0 Å². The van der Waals surface area contributed by atoms with Crippen LogP contribution in [0.25, 0.3) is 0 Å². The standard InChI is InChI=1S/C18H22BrNO/c1-12-5-8-15(18(2,3)4)17(9-12)21-16-10-14(19)7-6-13(16)11-20/h5-10H,11,20H2,1-4H3. The van der Waals surface area contributed by atoms with Gasteiger partial charge in [-0.1, -0.05) is 54.9 Å². The fourth-order valence-electron chi connectivity index (χ4n) is 2.24. The third-order valence-corrected chi connectivity index (χ3v) is 3.91. The molecule has 0 aliphatic heterocycles. The van der Waals surface area contributed by atoms with Crippen LogP contribution in [0.3, 0.4) is 0 Å². The molecule has 0 amide bonds. The Balaban J connectivity index is 2.49. The van der Waals surface area contributed by atoms with E-state index in [9.17, 15) is 0 Å². The van der Waals surface area contributed by atoms with Gasteiger partial charge in [-0.15, -0.1) is 0 Å². The van der Waals surface area contributed by atoms with E-state index in [0.717, 1.165) is 21.5 Å². The van der Waals surface area contributed by atoms with E-state index < -0.39 is 0 Å². The number of nitrogens with two attached hydrogens (primary N) is 1. The van der Waals surface area contributed by atoms with E-state index in [1.807, 2.05) is 18.2 Å². The molecule has 0 aliphatic carbocycles. The Labute approximate surface area is 135 Å². The molecule has 2 nitrogen and oxygen atoms in total. The molecule has 112 valence electrons. The Bertz CT molecular complexity index is 644. The van der Waals surface area contributed by atoms with Gasteiger partial charge in [-0.2, -0.15) is 0 Å². The topological polar surface area (TPSA) is 35.2 Å². The molecule has 2 rings (SSSR count). The Morgan fingerprint density at radius 2 is 1.76 bits per heavy atom. The van der Waals surface area contributed by atoms with Crippen LogP contribution in [0, 0.1) is 6.92 Å². The fraction of sp³-hybridized carbons (Fsp3) is 0.333. The number of halogens is 1. The van der Waals surface area contributed by atoms with E-state index in [0.29, 0.717) is 6.54 Å². The van der Waals surface area contributed by atoms with Crippen molar-refractivity contribution in [2.24, 2.45) is 5.73 Å². The summed E-state index contributed by atoms with van der Waals surface area (Å²) in [6, 6.07) is 12.3. The number of aryl methyl sites for hydroxylation is 1. The molecule has 0 saturated carbocycles. The second kappa shape index (κ2) is 6.20. The lowest BCUT2D eigenvalue weighted by molar-refractivity contribution is 0.450. The summed E-state index contributed by atoms with van der Waals surface area (Å²) >= 11 is 3.49. The molecule has 0 aliphatic rings. The van der Waals surface area contributed by atoms with Gasteiger partial charge in [-0.3, -0.25) is 0 Å². The van der Waals surface area contributed by atoms with Crippen molar-refractivity contribution >= 4 is 15.9 Å². The molecule has 3 heteroatoms. The zero-order valence-electron chi connectivity index (χ0n) is 13.0. The van der Waals surface area contributed by atoms with Crippen LogP contribution in [0.5, 0.6) is 11.5 Å². The quantitative estimate of drug-likeness (QED) is 0.816. The molecule has 0 heterocycles. The molecular formula is C18H22BrNO. The lowest BCUT2D eigenvalue weighted by Crippen LogP contribution is -2.13. The Hall–Kier alpha value is -1.32. The van der Waals surface area contributed by atoms with Crippen molar-refractivity contribution in [3.05, 3.63) is 57.6 Å². The first-order valence-corrected chi connectivity index (χ1v) is 7.88. The van der Waals surface area contributed by atoms with E-state index in [2.05, 4.69) is 61.8 Å². The zero-order valence-corrected chi connectivity index (χ0v) is 14.6. The SMILES string of the molecule is Cc1ccc(C(C)(C)C)c(Oc2cc(Br)ccc2CN)c1. The van der Waals surface area contributed by atoms with Crippen molar-refractivity contribution in [1.82, 2.24) is 0 Å². The van der Waals surface area contributed by atoms with Gasteiger partial charge >= 0.3 is 0 Å². The normalized spacial score (nSPS) is 11.5. The molecule has 21 heavy (non-hydrogen) atoms. The minimum atomic E-state index is 0.0257. The summed E-state index contributed by atoms with van der Waals surface area (Å²) in [6.45, 7) is 9.10. The monoisotopic (exact) mass is 347 g/mol. The first-order chi connectivity index (χ1) is 9.81. The maximum Gasteiger partial charge on any atom is 0.133 e. The van der Waals surface area contributed by atoms with E-state index in [1.54, 1.807) is 0 Å². The summed E-state index contributed by atoms with van der Waals surface area (Å²) in [5.41, 5.74) is 9.21. The van der Waals surface area contributed by atoms with Crippen LogP contribution >= 0.6 is 15.9 Å². The highest BCUT2D eigenvalue weighted by Crippen LogP contribution is 2.36. The predicted molar refractivity (Wildman–Crippen MR) is 92.0 cm³/mol. The Morgan fingerprint density at radius 3 is 2.38 bits per heavy atom. The lowest BCUT2D eigenvalue weighted by atomic mass is 9.86. The second-order valence-electron chi connectivity index (χ2n) is 6.31. The number of hydrogen-bond acceptors (Lipinski definition) is 2. The van der Waals surface area contributed by atoms with Crippen LogP contribution in [0.2, 0.25) is 0 Å². The van der Waals surface area contributed by atoms with E-state index >= 15 is 0 Å². The molecule has 2 aromatic rings. The Morgan fingerprint density at radius 1 is 1.05 bits per heavy atom. The number of rotatable bonds is 3. The molecule has 0 atom stereocenters. The molecular weight excluding hydrogens is 326 g/mol. The van der Waals surface area contributed by atoms with Crippen LogP contribution in [0.4, 0.5) is 0 Å². The Kier molecular flexibility index (Phi) is 4.74. The maximum atomic E-state index is 6.21. The van der Waals surface area contributed by atoms with Gasteiger partial charge in [-0.25, -0.2) is 0 Å². The van der Waals surface area contributed by atoms with Crippen molar-refractivity contribution < 1.29 is 4.74 Å². The molecule has 0 unspecified atom stereocenters. The van der Waals surface area contributed by atoms with E-state index in [4.69, 9.17) is 10.5 Å². The van der Waals surface area contributed by atoms with E-state index in [1.165, 1.54) is 11.1 Å². The van der Waals surface area contributed by atoms with Crippen molar-refractivity contribution in [2.45, 2.75) is 39.7 Å². The molecule has 0 radical (unpaired) electrons. The second-order valence-corrected chi connectivity index (χ2v) is 7.22. The highest BCUT2D eigenvalue weighted by atomic mass is 79.9. The summed E-state index contributed by atoms with van der Waals surface area (Å²) < 4.78 is 7.20. The number of benzene rings is 2. The smallest absolute Gasteiger partial charge is 0.133 e. The maximum absolute atomic E-state index is 6.21. The predicted octanol–water partition coefficient (Wildman–Crippen LogP) is 5.31. The van der Waals surface area contributed by atoms with Crippen LogP contribution in [-0.4, -0.2) is 0 Å². The van der Waals surface area contributed by atoms with Crippen LogP contribution < -0.4 is 10.5 Å². The van der Waals surface area contributed by atoms with Crippen molar-refractivity contribution in [2.75, 3.05) is 0 Å². The highest BCUT2D eigenvalue weighted by Gasteiger charge is 2.20. The summed E-state index contributed by atoms with van der Waals surface area (Å²) in [4.78, 5) is 0. The number of ether oxygens (including phenoxy) is 1. The van der Waals surface area contributed by atoms with Gasteiger partial charge in [0.15, 0.2) is 0 Å². The molecule has 0 spiro atoms. The zero-order chi connectivity index (χ0) is 15.6. The average Bonchev–Trinajstić information content (AvgIpc) is 2.37. The first-order valence-electron chi connectivity index (χ1n) is 7.09. The van der Waals surface area contributed by atoms with Crippen LogP contribution in [0.1, 0.15) is 37.5 Å². The summed E-state index contributed by atoms with van der Waals surface area (Å²) in [6.07, 6.45) is 0. The summed E-state index contributed by atoms with van der Waals surface area (Å²) in [7, 11) is 0. The largest absolute Gasteiger partial charge is 0.457 e. The third-order valence-electron chi connectivity index (χ3n) is 3.41. The third kappa shape index (κ3) is 3.86. The van der Waals surface area contributed by atoms with Gasteiger partial charge in [0, 0.05) is 22.1 Å². The van der Waals surface area contributed by atoms with Gasteiger partial charge in [0.1, 0.15) is 11.5 Å². The van der Waals surface area contributed by atoms with Gasteiger partial charge in [-0.05, 0) is 36.1 Å². The molecule has 0 fully saturated rings. The van der Waals surface area contributed by atoms with Crippen LogP contribution in [-0.2, 0) is 12.0 Å². The van der Waals surface area contributed by atoms with Gasteiger partial charge in [0.05, 0.1) is 0 Å². The minimum absolute atomic E-state index is 0.0257. The summed E-state index contributed by atoms with van der Waals surface area (Å²) in [5, 5.41) is 0. The van der Waals surface area contributed by atoms with Crippen molar-refractivity contribution in [3.8, 4) is 11.5 Å². The van der Waals surface area contributed by atoms with E-state index in [-0.39, 0.29) is 5.41 Å². The van der Waals surface area contributed by atoms with Gasteiger partial charge in [0.2, 0.25) is 0 Å². The number of hydrogen-bond donors (Lipinski definition) is 1. The fourth-order valence-corrected chi connectivity index (χ4v) is 2.58. The molecule has 0 saturated heterocycles. The average molecular weight is 348 g/mol.